The van der Waals surface area contributed by atoms with Crippen LogP contribution in [-0.4, -0.2) is 22.9 Å². The normalized spacial score (nSPS) is 10.9. The van der Waals surface area contributed by atoms with Gasteiger partial charge in [0.05, 0.1) is 6.61 Å². The van der Waals surface area contributed by atoms with Crippen molar-refractivity contribution in [3.63, 3.8) is 0 Å². The first-order valence-corrected chi connectivity index (χ1v) is 7.13. The van der Waals surface area contributed by atoms with Crippen LogP contribution in [0.15, 0.2) is 35.3 Å². The van der Waals surface area contributed by atoms with Gasteiger partial charge in [0.2, 0.25) is 0 Å². The lowest BCUT2D eigenvalue weighted by molar-refractivity contribution is 0.279. The molecule has 0 aliphatic carbocycles. The Labute approximate surface area is 118 Å². The molecule has 20 heavy (non-hydrogen) atoms. The van der Waals surface area contributed by atoms with Crippen LogP contribution in [0.25, 0.3) is 10.8 Å². The Hall–Kier alpha value is -1.81. The largest absolute Gasteiger partial charge is 0.494 e. The molecular weight excluding hydrogens is 254 g/mol. The zero-order chi connectivity index (χ0) is 14.4. The number of hydrogen-bond donors (Lipinski definition) is 1. The molecule has 2 aromatic rings. The highest BCUT2D eigenvalue weighted by atomic mass is 16.5. The van der Waals surface area contributed by atoms with E-state index in [1.165, 1.54) is 0 Å². The number of ether oxygens (including phenoxy) is 1. The highest BCUT2D eigenvalue weighted by Gasteiger charge is 2.04. The Morgan fingerprint density at radius 1 is 1.25 bits per heavy atom. The molecule has 1 N–H and O–H groups in total. The van der Waals surface area contributed by atoms with Crippen LogP contribution in [0, 0.1) is 0 Å². The van der Waals surface area contributed by atoms with Crippen molar-refractivity contribution in [2.24, 2.45) is 0 Å². The summed E-state index contributed by atoms with van der Waals surface area (Å²) < 4.78 is 7.28. The monoisotopic (exact) mass is 275 g/mol. The Bertz CT molecular complexity index is 619. The van der Waals surface area contributed by atoms with Gasteiger partial charge >= 0.3 is 0 Å². The third-order valence-corrected chi connectivity index (χ3v) is 3.27. The number of aromatic nitrogens is 1. The molecule has 0 spiro atoms. The van der Waals surface area contributed by atoms with Crippen molar-refractivity contribution in [1.29, 1.82) is 0 Å². The van der Waals surface area contributed by atoms with Crippen molar-refractivity contribution >= 4 is 10.8 Å². The minimum absolute atomic E-state index is 0.0175. The Morgan fingerprint density at radius 3 is 2.85 bits per heavy atom. The maximum absolute atomic E-state index is 12.2. The zero-order valence-corrected chi connectivity index (χ0v) is 11.8. The second-order valence-electron chi connectivity index (χ2n) is 4.84. The molecule has 1 heterocycles. The van der Waals surface area contributed by atoms with Crippen molar-refractivity contribution in [3.05, 3.63) is 40.8 Å². The molecular formula is C16H21NO3. The molecule has 0 amide bonds. The summed E-state index contributed by atoms with van der Waals surface area (Å²) in [5, 5.41) is 10.4. The number of unbranched alkanes of at least 4 members (excludes halogenated alkanes) is 1. The van der Waals surface area contributed by atoms with Crippen molar-refractivity contribution in [2.45, 2.75) is 32.7 Å². The lowest BCUT2D eigenvalue weighted by Crippen LogP contribution is -2.19. The van der Waals surface area contributed by atoms with Crippen LogP contribution >= 0.6 is 0 Å². The fourth-order valence-electron chi connectivity index (χ4n) is 2.11. The van der Waals surface area contributed by atoms with Crippen LogP contribution in [0.3, 0.4) is 0 Å². The van der Waals surface area contributed by atoms with Crippen LogP contribution in [0.5, 0.6) is 5.75 Å². The predicted molar refractivity (Wildman–Crippen MR) is 80.3 cm³/mol. The average Bonchev–Trinajstić information content (AvgIpc) is 2.47. The molecule has 0 aliphatic rings. The molecule has 1 aromatic heterocycles. The molecule has 0 radical (unpaired) electrons. The van der Waals surface area contributed by atoms with Crippen molar-refractivity contribution in [2.75, 3.05) is 13.2 Å². The van der Waals surface area contributed by atoms with E-state index in [1.54, 1.807) is 10.8 Å². The van der Waals surface area contributed by atoms with Gasteiger partial charge in [-0.25, -0.2) is 0 Å². The maximum atomic E-state index is 12.2. The molecule has 4 heteroatoms. The molecule has 0 fully saturated rings. The standard InChI is InChI=1S/C16H21NO3/c1-2-3-11-20-14-5-6-15-13(12-14)7-9-17(16(15)19)8-4-10-18/h5-7,9,12,18H,2-4,8,10-11H2,1H3. The first kappa shape index (κ1) is 14.6. The third kappa shape index (κ3) is 3.39. The van der Waals surface area contributed by atoms with Crippen molar-refractivity contribution < 1.29 is 9.84 Å². The van der Waals surface area contributed by atoms with E-state index in [0.29, 0.717) is 25.0 Å². The number of rotatable bonds is 7. The second kappa shape index (κ2) is 7.10. The molecule has 1 aromatic carbocycles. The van der Waals surface area contributed by atoms with Crippen LogP contribution in [0.2, 0.25) is 0 Å². The van der Waals surface area contributed by atoms with E-state index >= 15 is 0 Å². The van der Waals surface area contributed by atoms with Gasteiger partial charge < -0.3 is 14.4 Å². The van der Waals surface area contributed by atoms with Gasteiger partial charge in [-0.3, -0.25) is 4.79 Å². The summed E-state index contributed by atoms with van der Waals surface area (Å²) in [5.41, 5.74) is -0.0175. The number of aliphatic hydroxyl groups is 1. The van der Waals surface area contributed by atoms with E-state index < -0.39 is 0 Å². The van der Waals surface area contributed by atoms with Gasteiger partial charge in [0.25, 0.3) is 5.56 Å². The first-order valence-electron chi connectivity index (χ1n) is 7.13. The summed E-state index contributed by atoms with van der Waals surface area (Å²) in [6, 6.07) is 7.48. The van der Waals surface area contributed by atoms with Gasteiger partial charge in [0.15, 0.2) is 0 Å². The SMILES string of the molecule is CCCCOc1ccc2c(=O)n(CCCO)ccc2c1. The summed E-state index contributed by atoms with van der Waals surface area (Å²) >= 11 is 0. The van der Waals surface area contributed by atoms with Gasteiger partial charge in [0.1, 0.15) is 5.75 Å². The van der Waals surface area contributed by atoms with Crippen LogP contribution in [0.1, 0.15) is 26.2 Å². The number of benzene rings is 1. The first-order chi connectivity index (χ1) is 9.76. The predicted octanol–water partition coefficient (Wildman–Crippen LogP) is 2.56. The molecule has 0 aliphatic heterocycles. The lowest BCUT2D eigenvalue weighted by atomic mass is 10.1. The van der Waals surface area contributed by atoms with E-state index in [2.05, 4.69) is 6.92 Å². The maximum Gasteiger partial charge on any atom is 0.258 e. The topological polar surface area (TPSA) is 51.5 Å². The van der Waals surface area contributed by atoms with Gasteiger partial charge in [-0.2, -0.15) is 0 Å². The minimum atomic E-state index is -0.0175. The molecule has 4 nitrogen and oxygen atoms in total. The molecule has 0 unspecified atom stereocenters. The Morgan fingerprint density at radius 2 is 2.10 bits per heavy atom. The Kier molecular flexibility index (Phi) is 5.18. The average molecular weight is 275 g/mol. The second-order valence-corrected chi connectivity index (χ2v) is 4.84. The van der Waals surface area contributed by atoms with E-state index in [9.17, 15) is 4.79 Å². The number of nitrogens with zero attached hydrogens (tertiary/aromatic N) is 1. The van der Waals surface area contributed by atoms with E-state index in [0.717, 1.165) is 24.0 Å². The van der Waals surface area contributed by atoms with Gasteiger partial charge in [-0.05, 0) is 42.5 Å². The number of aliphatic hydroxyl groups excluding tert-OH is 1. The fraction of sp³-hybridized carbons (Fsp3) is 0.438. The number of fused-ring (bicyclic) bond motifs is 1. The summed E-state index contributed by atoms with van der Waals surface area (Å²) in [4.78, 5) is 12.2. The number of pyridine rings is 1. The molecule has 108 valence electrons. The molecule has 2 rings (SSSR count). The summed E-state index contributed by atoms with van der Waals surface area (Å²) in [6.45, 7) is 3.46. The van der Waals surface area contributed by atoms with Crippen molar-refractivity contribution in [3.8, 4) is 5.75 Å². The van der Waals surface area contributed by atoms with E-state index in [1.807, 2.05) is 24.3 Å². The molecule has 0 saturated carbocycles. The zero-order valence-electron chi connectivity index (χ0n) is 11.8. The molecule has 0 atom stereocenters. The highest BCUT2D eigenvalue weighted by molar-refractivity contribution is 5.82. The molecule has 0 saturated heterocycles. The van der Waals surface area contributed by atoms with Gasteiger partial charge in [-0.15, -0.1) is 0 Å². The van der Waals surface area contributed by atoms with Crippen LogP contribution in [0.4, 0.5) is 0 Å². The summed E-state index contributed by atoms with van der Waals surface area (Å²) in [5.74, 6) is 0.804. The van der Waals surface area contributed by atoms with Crippen molar-refractivity contribution in [1.82, 2.24) is 4.57 Å². The third-order valence-electron chi connectivity index (χ3n) is 3.27. The highest BCUT2D eigenvalue weighted by Crippen LogP contribution is 2.18. The summed E-state index contributed by atoms with van der Waals surface area (Å²) in [7, 11) is 0. The van der Waals surface area contributed by atoms with E-state index in [-0.39, 0.29) is 12.2 Å². The summed E-state index contributed by atoms with van der Waals surface area (Å²) in [6.07, 6.45) is 4.49. The van der Waals surface area contributed by atoms with Gasteiger partial charge in [0, 0.05) is 24.7 Å². The van der Waals surface area contributed by atoms with Crippen LogP contribution < -0.4 is 10.3 Å². The Balaban J connectivity index is 2.24. The van der Waals surface area contributed by atoms with Crippen LogP contribution in [-0.2, 0) is 6.54 Å². The van der Waals surface area contributed by atoms with E-state index in [4.69, 9.17) is 9.84 Å². The molecule has 0 bridgehead atoms. The number of hydrogen-bond acceptors (Lipinski definition) is 3. The van der Waals surface area contributed by atoms with Gasteiger partial charge in [-0.1, -0.05) is 13.3 Å². The lowest BCUT2D eigenvalue weighted by Gasteiger charge is -2.09. The number of aryl methyl sites for hydroxylation is 1. The minimum Gasteiger partial charge on any atom is -0.494 e. The fourth-order valence-corrected chi connectivity index (χ4v) is 2.11. The quantitative estimate of drug-likeness (QED) is 0.790. The smallest absolute Gasteiger partial charge is 0.258 e.